The number of hydrogen-bond donors (Lipinski definition) is 1. The van der Waals surface area contributed by atoms with E-state index in [-0.39, 0.29) is 11.9 Å². The molecule has 2 N–H and O–H groups in total. The number of carbonyl (C=O) groups excluding carboxylic acids is 1. The first-order valence-electron chi connectivity index (χ1n) is 6.94. The van der Waals surface area contributed by atoms with Crippen LogP contribution in [0.4, 0.5) is 0 Å². The molecule has 1 aromatic rings. The van der Waals surface area contributed by atoms with Gasteiger partial charge in [0.1, 0.15) is 0 Å². The van der Waals surface area contributed by atoms with E-state index in [2.05, 4.69) is 0 Å². The zero-order chi connectivity index (χ0) is 13.8. The average molecular weight is 281 g/mol. The first kappa shape index (κ1) is 14.4. The number of rotatable bonds is 4. The second-order valence-corrected chi connectivity index (χ2v) is 5.53. The Labute approximate surface area is 119 Å². The van der Waals surface area contributed by atoms with Gasteiger partial charge in [0, 0.05) is 23.2 Å². The van der Waals surface area contributed by atoms with Crippen LogP contribution in [0.3, 0.4) is 0 Å². The molecule has 1 aliphatic rings. The van der Waals surface area contributed by atoms with Crippen LogP contribution >= 0.6 is 11.6 Å². The number of amides is 1. The zero-order valence-electron chi connectivity index (χ0n) is 11.3. The standard InChI is InChI=1S/C15H21ClN2O/c1-2-18(14-5-3-4-12(14)10-17)15(19)11-6-8-13(16)9-7-11/h6-9,12,14H,2-5,10,17H2,1H3. The van der Waals surface area contributed by atoms with Crippen LogP contribution in [0.15, 0.2) is 24.3 Å². The molecule has 1 aliphatic carbocycles. The smallest absolute Gasteiger partial charge is 0.254 e. The summed E-state index contributed by atoms with van der Waals surface area (Å²) in [5.74, 6) is 0.528. The lowest BCUT2D eigenvalue weighted by Gasteiger charge is -2.32. The summed E-state index contributed by atoms with van der Waals surface area (Å²) in [7, 11) is 0. The monoisotopic (exact) mass is 280 g/mol. The first-order valence-corrected chi connectivity index (χ1v) is 7.31. The van der Waals surface area contributed by atoms with Crippen LogP contribution in [0.2, 0.25) is 5.02 Å². The molecule has 0 radical (unpaired) electrons. The lowest BCUT2D eigenvalue weighted by atomic mass is 10.0. The van der Waals surface area contributed by atoms with Gasteiger partial charge in [0.2, 0.25) is 0 Å². The Morgan fingerprint density at radius 2 is 2.05 bits per heavy atom. The van der Waals surface area contributed by atoms with Crippen LogP contribution < -0.4 is 5.73 Å². The van der Waals surface area contributed by atoms with Crippen molar-refractivity contribution in [2.45, 2.75) is 32.2 Å². The third kappa shape index (κ3) is 3.10. The van der Waals surface area contributed by atoms with Crippen molar-refractivity contribution in [3.8, 4) is 0 Å². The van der Waals surface area contributed by atoms with Crippen molar-refractivity contribution in [3.05, 3.63) is 34.9 Å². The van der Waals surface area contributed by atoms with Gasteiger partial charge in [-0.2, -0.15) is 0 Å². The molecular weight excluding hydrogens is 260 g/mol. The molecule has 1 amide bonds. The minimum Gasteiger partial charge on any atom is -0.336 e. The fourth-order valence-electron chi connectivity index (χ4n) is 2.99. The van der Waals surface area contributed by atoms with Gasteiger partial charge in [-0.1, -0.05) is 18.0 Å². The molecule has 4 heteroatoms. The van der Waals surface area contributed by atoms with Gasteiger partial charge in [-0.25, -0.2) is 0 Å². The lowest BCUT2D eigenvalue weighted by Crippen LogP contribution is -2.44. The quantitative estimate of drug-likeness (QED) is 0.922. The number of nitrogens with zero attached hydrogens (tertiary/aromatic N) is 1. The summed E-state index contributed by atoms with van der Waals surface area (Å²) in [5.41, 5.74) is 6.52. The highest BCUT2D eigenvalue weighted by Gasteiger charge is 2.33. The van der Waals surface area contributed by atoms with E-state index in [1.54, 1.807) is 24.3 Å². The van der Waals surface area contributed by atoms with Crippen molar-refractivity contribution in [2.24, 2.45) is 11.7 Å². The van der Waals surface area contributed by atoms with Gasteiger partial charge in [-0.3, -0.25) is 4.79 Å². The fraction of sp³-hybridized carbons (Fsp3) is 0.533. The summed E-state index contributed by atoms with van der Waals surface area (Å²) in [5, 5.41) is 0.653. The van der Waals surface area contributed by atoms with Gasteiger partial charge >= 0.3 is 0 Å². The van der Waals surface area contributed by atoms with E-state index < -0.39 is 0 Å². The van der Waals surface area contributed by atoms with Crippen LogP contribution in [0.25, 0.3) is 0 Å². The Bertz CT molecular complexity index is 432. The second-order valence-electron chi connectivity index (χ2n) is 5.09. The SMILES string of the molecule is CCN(C(=O)c1ccc(Cl)cc1)C1CCCC1CN. The van der Waals surface area contributed by atoms with E-state index in [1.807, 2.05) is 11.8 Å². The molecule has 1 fully saturated rings. The maximum absolute atomic E-state index is 12.6. The maximum Gasteiger partial charge on any atom is 0.254 e. The van der Waals surface area contributed by atoms with E-state index in [0.29, 0.717) is 23.0 Å². The van der Waals surface area contributed by atoms with Gasteiger partial charge in [0.15, 0.2) is 0 Å². The molecule has 0 bridgehead atoms. The average Bonchev–Trinajstić information content (AvgIpc) is 2.88. The highest BCUT2D eigenvalue weighted by molar-refractivity contribution is 6.30. The molecule has 1 saturated carbocycles. The summed E-state index contributed by atoms with van der Waals surface area (Å²) in [6.45, 7) is 3.41. The van der Waals surface area contributed by atoms with E-state index in [0.717, 1.165) is 25.8 Å². The minimum atomic E-state index is 0.0875. The molecule has 0 spiro atoms. The van der Waals surface area contributed by atoms with Crippen LogP contribution in [0.5, 0.6) is 0 Å². The molecule has 3 nitrogen and oxygen atoms in total. The summed E-state index contributed by atoms with van der Waals surface area (Å²) in [6, 6.07) is 7.40. The normalized spacial score (nSPS) is 22.5. The van der Waals surface area contributed by atoms with Crippen LogP contribution in [-0.2, 0) is 0 Å². The molecule has 2 atom stereocenters. The minimum absolute atomic E-state index is 0.0875. The number of benzene rings is 1. The Hall–Kier alpha value is -1.06. The van der Waals surface area contributed by atoms with Crippen molar-refractivity contribution < 1.29 is 4.79 Å². The van der Waals surface area contributed by atoms with E-state index in [4.69, 9.17) is 17.3 Å². The van der Waals surface area contributed by atoms with Gasteiger partial charge in [-0.05, 0) is 56.5 Å². The Morgan fingerprint density at radius 3 is 2.63 bits per heavy atom. The molecule has 2 unspecified atom stereocenters. The van der Waals surface area contributed by atoms with E-state index in [1.165, 1.54) is 0 Å². The Balaban J connectivity index is 2.17. The molecular formula is C15H21ClN2O. The molecule has 0 heterocycles. The number of nitrogens with two attached hydrogens (primary N) is 1. The summed E-state index contributed by atoms with van der Waals surface area (Å²) in [6.07, 6.45) is 3.36. The molecule has 0 saturated heterocycles. The molecule has 19 heavy (non-hydrogen) atoms. The van der Waals surface area contributed by atoms with Gasteiger partial charge in [0.25, 0.3) is 5.91 Å². The first-order chi connectivity index (χ1) is 9.17. The molecule has 2 rings (SSSR count). The third-order valence-electron chi connectivity index (χ3n) is 4.01. The van der Waals surface area contributed by atoms with Gasteiger partial charge < -0.3 is 10.6 Å². The lowest BCUT2D eigenvalue weighted by molar-refractivity contribution is 0.0652. The van der Waals surface area contributed by atoms with Crippen molar-refractivity contribution in [2.75, 3.05) is 13.1 Å². The van der Waals surface area contributed by atoms with Crippen LogP contribution in [0.1, 0.15) is 36.5 Å². The maximum atomic E-state index is 12.6. The van der Waals surface area contributed by atoms with Crippen LogP contribution in [-0.4, -0.2) is 29.9 Å². The second kappa shape index (κ2) is 6.40. The van der Waals surface area contributed by atoms with Gasteiger partial charge in [-0.15, -0.1) is 0 Å². The fourth-order valence-corrected chi connectivity index (χ4v) is 3.12. The highest BCUT2D eigenvalue weighted by Crippen LogP contribution is 2.30. The largest absolute Gasteiger partial charge is 0.336 e. The van der Waals surface area contributed by atoms with Crippen molar-refractivity contribution in [1.29, 1.82) is 0 Å². The predicted molar refractivity (Wildman–Crippen MR) is 78.3 cm³/mol. The Kier molecular flexibility index (Phi) is 4.83. The number of carbonyl (C=O) groups is 1. The third-order valence-corrected chi connectivity index (χ3v) is 4.27. The van der Waals surface area contributed by atoms with E-state index in [9.17, 15) is 4.79 Å². The van der Waals surface area contributed by atoms with Crippen molar-refractivity contribution in [3.63, 3.8) is 0 Å². The van der Waals surface area contributed by atoms with E-state index >= 15 is 0 Å². The Morgan fingerprint density at radius 1 is 1.37 bits per heavy atom. The zero-order valence-corrected chi connectivity index (χ0v) is 12.1. The number of halogens is 1. The van der Waals surface area contributed by atoms with Gasteiger partial charge in [0.05, 0.1) is 0 Å². The molecule has 1 aromatic carbocycles. The van der Waals surface area contributed by atoms with Crippen molar-refractivity contribution >= 4 is 17.5 Å². The van der Waals surface area contributed by atoms with Crippen molar-refractivity contribution in [1.82, 2.24) is 4.90 Å². The summed E-state index contributed by atoms with van der Waals surface area (Å²) < 4.78 is 0. The summed E-state index contributed by atoms with van der Waals surface area (Å²) >= 11 is 5.86. The topological polar surface area (TPSA) is 46.3 Å². The summed E-state index contributed by atoms with van der Waals surface area (Å²) in [4.78, 5) is 14.5. The molecule has 0 aliphatic heterocycles. The molecule has 0 aromatic heterocycles. The predicted octanol–water partition coefficient (Wildman–Crippen LogP) is 2.93. The molecule has 104 valence electrons. The highest BCUT2D eigenvalue weighted by atomic mass is 35.5. The van der Waals surface area contributed by atoms with Crippen LogP contribution in [0, 0.1) is 5.92 Å². The number of hydrogen-bond acceptors (Lipinski definition) is 2.